The lowest BCUT2D eigenvalue weighted by atomic mass is 9.89. The molecule has 2 aliphatic heterocycles. The average molecular weight is 526 g/mol. The summed E-state index contributed by atoms with van der Waals surface area (Å²) < 4.78 is 27.7. The fourth-order valence-electron chi connectivity index (χ4n) is 5.00. The lowest BCUT2D eigenvalue weighted by Gasteiger charge is -2.36. The number of amides is 1. The molecule has 8 nitrogen and oxygen atoms in total. The summed E-state index contributed by atoms with van der Waals surface area (Å²) in [6.07, 6.45) is 6.48. The largest absolute Gasteiger partial charge is 0.362 e. The Kier molecular flexibility index (Phi) is 7.11. The number of nitrogens with zero attached hydrogens (tertiary/aromatic N) is 4. The first-order valence-corrected chi connectivity index (χ1v) is 13.9. The van der Waals surface area contributed by atoms with E-state index in [9.17, 15) is 13.2 Å². The molecular formula is C26H28ClN5O3S. The number of hydrogen-bond donors (Lipinski definition) is 1. The normalized spacial score (nSPS) is 16.5. The lowest BCUT2D eigenvalue weighted by Crippen LogP contribution is -2.45. The molecular weight excluding hydrogens is 498 g/mol. The number of anilines is 2. The molecule has 10 heteroatoms. The zero-order valence-electron chi connectivity index (χ0n) is 19.8. The van der Waals surface area contributed by atoms with Crippen molar-refractivity contribution in [3.05, 3.63) is 77.2 Å². The van der Waals surface area contributed by atoms with Crippen LogP contribution in [0.15, 0.2) is 66.0 Å². The highest BCUT2D eigenvalue weighted by Gasteiger charge is 2.27. The Balaban J connectivity index is 1.17. The van der Waals surface area contributed by atoms with E-state index in [0.29, 0.717) is 25.6 Å². The molecule has 0 radical (unpaired) electrons. The van der Waals surface area contributed by atoms with Crippen molar-refractivity contribution in [2.45, 2.75) is 36.5 Å². The molecule has 1 N–H and O–H groups in total. The third kappa shape index (κ3) is 5.47. The monoisotopic (exact) mass is 525 g/mol. The van der Waals surface area contributed by atoms with Gasteiger partial charge in [0.25, 0.3) is 10.0 Å². The van der Waals surface area contributed by atoms with Gasteiger partial charge in [-0.3, -0.25) is 9.52 Å². The smallest absolute Gasteiger partial charge is 0.263 e. The fraction of sp³-hybridized carbons (Fsp3) is 0.346. The van der Waals surface area contributed by atoms with Crippen LogP contribution < -0.4 is 9.62 Å². The molecule has 3 heterocycles. The Bertz CT molecular complexity index is 1330. The molecule has 1 aromatic heterocycles. The van der Waals surface area contributed by atoms with Crippen LogP contribution in [0, 0.1) is 0 Å². The second kappa shape index (κ2) is 10.4. The summed E-state index contributed by atoms with van der Waals surface area (Å²) in [5, 5.41) is 0.733. The number of piperidine rings is 1. The third-order valence-electron chi connectivity index (χ3n) is 6.91. The van der Waals surface area contributed by atoms with Crippen LogP contribution in [0.2, 0.25) is 5.02 Å². The number of rotatable bonds is 6. The van der Waals surface area contributed by atoms with Gasteiger partial charge >= 0.3 is 0 Å². The van der Waals surface area contributed by atoms with Crippen molar-refractivity contribution in [3.63, 3.8) is 0 Å². The Labute approximate surface area is 216 Å². The Morgan fingerprint density at radius 2 is 1.83 bits per heavy atom. The van der Waals surface area contributed by atoms with E-state index < -0.39 is 10.0 Å². The lowest BCUT2D eigenvalue weighted by molar-refractivity contribution is -0.130. The van der Waals surface area contributed by atoms with Gasteiger partial charge in [0.15, 0.2) is 0 Å². The summed E-state index contributed by atoms with van der Waals surface area (Å²) in [7, 11) is -3.72. The average Bonchev–Trinajstić information content (AvgIpc) is 2.89. The molecule has 3 aromatic rings. The van der Waals surface area contributed by atoms with Crippen LogP contribution >= 0.6 is 11.6 Å². The first-order valence-electron chi connectivity index (χ1n) is 12.1. The number of sulfonamides is 1. The van der Waals surface area contributed by atoms with Crippen molar-refractivity contribution in [2.24, 2.45) is 0 Å². The Morgan fingerprint density at radius 1 is 1.06 bits per heavy atom. The highest BCUT2D eigenvalue weighted by molar-refractivity contribution is 7.92. The van der Waals surface area contributed by atoms with E-state index in [0.717, 1.165) is 48.5 Å². The molecule has 2 aliphatic rings. The van der Waals surface area contributed by atoms with Crippen molar-refractivity contribution in [1.29, 1.82) is 0 Å². The summed E-state index contributed by atoms with van der Waals surface area (Å²) in [5.74, 6) is 0.662. The van der Waals surface area contributed by atoms with Gasteiger partial charge in [0.2, 0.25) is 5.91 Å². The number of carbonyl (C=O) groups excluding carboxylic acids is 1. The van der Waals surface area contributed by atoms with Crippen LogP contribution in [0.3, 0.4) is 0 Å². The molecule has 0 bridgehead atoms. The van der Waals surface area contributed by atoms with Gasteiger partial charge in [-0.05, 0) is 79.1 Å². The number of nitrogens with one attached hydrogen (secondary N) is 1. The van der Waals surface area contributed by atoms with Crippen molar-refractivity contribution < 1.29 is 13.2 Å². The van der Waals surface area contributed by atoms with Crippen molar-refractivity contribution >= 4 is 39.0 Å². The number of aryl methyl sites for hydroxylation is 1. The summed E-state index contributed by atoms with van der Waals surface area (Å²) >= 11 is 6.15. The maximum atomic E-state index is 13.1. The molecule has 2 aromatic carbocycles. The third-order valence-corrected chi connectivity index (χ3v) is 8.52. The van der Waals surface area contributed by atoms with Crippen molar-refractivity contribution in [3.8, 4) is 0 Å². The highest BCUT2D eigenvalue weighted by Crippen LogP contribution is 2.31. The molecule has 5 rings (SSSR count). The van der Waals surface area contributed by atoms with E-state index in [1.54, 1.807) is 12.1 Å². The second-order valence-electron chi connectivity index (χ2n) is 9.22. The standard InChI is InChI=1S/C26H28ClN5O3S/c27-22-5-8-24-21(16-22)2-1-13-32(24)17-26(33)31-14-10-20(11-15-31)19-3-6-23(7-4-19)36(34,35)30-25-9-12-28-18-29-25/h3-9,12,16,18,20H,1-2,10-11,13-15,17H2,(H,28,29,30). The van der Waals surface area contributed by atoms with Gasteiger partial charge in [-0.2, -0.15) is 0 Å². The van der Waals surface area contributed by atoms with Gasteiger partial charge in [-0.15, -0.1) is 0 Å². The molecule has 1 amide bonds. The van der Waals surface area contributed by atoms with Gasteiger partial charge in [0, 0.05) is 36.5 Å². The van der Waals surface area contributed by atoms with Crippen molar-refractivity contribution in [1.82, 2.24) is 14.9 Å². The quantitative estimate of drug-likeness (QED) is 0.521. The summed E-state index contributed by atoms with van der Waals surface area (Å²) in [5.41, 5.74) is 3.40. The molecule has 1 fully saturated rings. The number of likely N-dealkylation sites (tertiary alicyclic amines) is 1. The van der Waals surface area contributed by atoms with Gasteiger partial charge < -0.3 is 9.80 Å². The van der Waals surface area contributed by atoms with Crippen LogP contribution in [-0.2, 0) is 21.2 Å². The van der Waals surface area contributed by atoms with Crippen LogP contribution in [0.4, 0.5) is 11.5 Å². The molecule has 0 saturated carbocycles. The second-order valence-corrected chi connectivity index (χ2v) is 11.3. The molecule has 0 aliphatic carbocycles. The molecule has 36 heavy (non-hydrogen) atoms. The number of carbonyl (C=O) groups is 1. The summed E-state index contributed by atoms with van der Waals surface area (Å²) in [4.78, 5) is 25.1. The van der Waals surface area contributed by atoms with E-state index in [1.165, 1.54) is 24.2 Å². The minimum atomic E-state index is -3.72. The van der Waals surface area contributed by atoms with E-state index in [4.69, 9.17) is 11.6 Å². The number of fused-ring (bicyclic) bond motifs is 1. The van der Waals surface area contributed by atoms with Crippen LogP contribution in [0.5, 0.6) is 0 Å². The highest BCUT2D eigenvalue weighted by atomic mass is 35.5. The van der Waals surface area contributed by atoms with Gasteiger partial charge in [-0.1, -0.05) is 23.7 Å². The van der Waals surface area contributed by atoms with E-state index in [-0.39, 0.29) is 16.6 Å². The van der Waals surface area contributed by atoms with Gasteiger partial charge in [-0.25, -0.2) is 18.4 Å². The van der Waals surface area contributed by atoms with Crippen LogP contribution in [0.1, 0.15) is 36.3 Å². The number of halogens is 1. The number of benzene rings is 2. The number of aromatic nitrogens is 2. The van der Waals surface area contributed by atoms with E-state index >= 15 is 0 Å². The first-order chi connectivity index (χ1) is 17.4. The Hall–Kier alpha value is -3.17. The zero-order valence-corrected chi connectivity index (χ0v) is 21.4. The maximum Gasteiger partial charge on any atom is 0.263 e. The molecule has 1 saturated heterocycles. The van der Waals surface area contributed by atoms with E-state index in [1.807, 2.05) is 35.2 Å². The molecule has 0 spiro atoms. The SMILES string of the molecule is O=C(CN1CCCc2cc(Cl)ccc21)N1CCC(c2ccc(S(=O)(=O)Nc3ccncn3)cc2)CC1. The Morgan fingerprint density at radius 3 is 2.56 bits per heavy atom. The minimum Gasteiger partial charge on any atom is -0.362 e. The van der Waals surface area contributed by atoms with Crippen molar-refractivity contribution in [2.75, 3.05) is 35.8 Å². The summed E-state index contributed by atoms with van der Waals surface area (Å²) in [6.45, 7) is 2.64. The topological polar surface area (TPSA) is 95.5 Å². The van der Waals surface area contributed by atoms with Crippen LogP contribution in [0.25, 0.3) is 0 Å². The molecule has 0 atom stereocenters. The molecule has 0 unspecified atom stereocenters. The van der Waals surface area contributed by atoms with Gasteiger partial charge in [0.1, 0.15) is 12.1 Å². The van der Waals surface area contributed by atoms with Gasteiger partial charge in [0.05, 0.1) is 11.4 Å². The number of hydrogen-bond acceptors (Lipinski definition) is 6. The predicted octanol–water partition coefficient (Wildman–Crippen LogP) is 4.09. The first kappa shape index (κ1) is 24.5. The summed E-state index contributed by atoms with van der Waals surface area (Å²) in [6, 6.07) is 14.4. The fourth-order valence-corrected chi connectivity index (χ4v) is 6.20. The van der Waals surface area contributed by atoms with E-state index in [2.05, 4.69) is 19.6 Å². The predicted molar refractivity (Wildman–Crippen MR) is 140 cm³/mol. The van der Waals surface area contributed by atoms with Crippen LogP contribution in [-0.4, -0.2) is 55.4 Å². The maximum absolute atomic E-state index is 13.1. The molecule has 188 valence electrons. The minimum absolute atomic E-state index is 0.147. The zero-order chi connectivity index (χ0) is 25.1.